The molecule has 0 fully saturated rings. The molecular formula is C17H30Cl2O2Si. The highest BCUT2D eigenvalue weighted by Gasteiger charge is 2.05. The van der Waals surface area contributed by atoms with Crippen molar-refractivity contribution in [3.8, 4) is 0 Å². The molecule has 0 saturated carbocycles. The zero-order valence-corrected chi connectivity index (χ0v) is 16.3. The first kappa shape index (κ1) is 22.0. The Hall–Kier alpha value is 0.00688. The molecule has 0 rings (SSSR count). The number of hydrogen-bond acceptors (Lipinski definition) is 2. The third-order valence-corrected chi connectivity index (χ3v) is 5.45. The van der Waals surface area contributed by atoms with E-state index >= 15 is 0 Å². The molecule has 0 spiro atoms. The van der Waals surface area contributed by atoms with Gasteiger partial charge in [-0.2, -0.15) is 0 Å². The standard InChI is InChI=1S/C17H30Cl2O2Si/c1-3-16(20)21-15(2)13-11-9-7-5-4-6-8-10-12-14-22-17(18)19/h3,15,17H,1,4-14H2,2H3. The van der Waals surface area contributed by atoms with E-state index in [1.54, 1.807) is 0 Å². The minimum absolute atomic E-state index is 0.00628. The van der Waals surface area contributed by atoms with Crippen molar-refractivity contribution in [3.63, 3.8) is 0 Å². The van der Waals surface area contributed by atoms with Crippen molar-refractivity contribution >= 4 is 38.7 Å². The third kappa shape index (κ3) is 16.4. The van der Waals surface area contributed by atoms with Crippen LogP contribution < -0.4 is 0 Å². The molecule has 0 N–H and O–H groups in total. The molecule has 0 aromatic rings. The van der Waals surface area contributed by atoms with Crippen LogP contribution in [0.2, 0.25) is 6.04 Å². The van der Waals surface area contributed by atoms with E-state index in [4.69, 9.17) is 27.9 Å². The molecule has 0 bridgehead atoms. The maximum atomic E-state index is 11.0. The zero-order valence-electron chi connectivity index (χ0n) is 13.8. The summed E-state index contributed by atoms with van der Waals surface area (Å²) >= 11 is 11.4. The van der Waals surface area contributed by atoms with Crippen molar-refractivity contribution in [2.75, 3.05) is 0 Å². The molecule has 1 unspecified atom stereocenters. The lowest BCUT2D eigenvalue weighted by Gasteiger charge is -2.11. The number of carbonyl (C=O) groups excluding carboxylic acids is 1. The highest BCUT2D eigenvalue weighted by atomic mass is 35.5. The lowest BCUT2D eigenvalue weighted by molar-refractivity contribution is -0.142. The van der Waals surface area contributed by atoms with E-state index < -0.39 is 0 Å². The van der Waals surface area contributed by atoms with E-state index in [-0.39, 0.29) is 16.5 Å². The molecule has 0 amide bonds. The lowest BCUT2D eigenvalue weighted by Crippen LogP contribution is -2.12. The molecule has 0 aliphatic carbocycles. The fraction of sp³-hybridized carbons (Fsp3) is 0.824. The number of carbonyl (C=O) groups is 1. The first-order chi connectivity index (χ1) is 10.6. The maximum Gasteiger partial charge on any atom is 0.330 e. The summed E-state index contributed by atoms with van der Waals surface area (Å²) in [4.78, 5) is 11.0. The molecule has 2 nitrogen and oxygen atoms in total. The van der Waals surface area contributed by atoms with Gasteiger partial charge in [0.25, 0.3) is 0 Å². The Morgan fingerprint density at radius 3 is 2.05 bits per heavy atom. The van der Waals surface area contributed by atoms with Gasteiger partial charge in [-0.25, -0.2) is 4.79 Å². The van der Waals surface area contributed by atoms with Crippen molar-refractivity contribution in [1.29, 1.82) is 0 Å². The van der Waals surface area contributed by atoms with Crippen LogP contribution in [-0.4, -0.2) is 26.1 Å². The van der Waals surface area contributed by atoms with E-state index in [1.165, 1.54) is 63.5 Å². The minimum atomic E-state index is -0.319. The predicted molar refractivity (Wildman–Crippen MR) is 98.0 cm³/mol. The van der Waals surface area contributed by atoms with Crippen LogP contribution in [0.5, 0.6) is 0 Å². The molecule has 0 aliphatic rings. The summed E-state index contributed by atoms with van der Waals surface area (Å²) in [5, 5.41) is 0. The maximum absolute atomic E-state index is 11.0. The first-order valence-electron chi connectivity index (χ1n) is 8.41. The monoisotopic (exact) mass is 364 g/mol. The molecule has 0 aromatic carbocycles. The molecule has 22 heavy (non-hydrogen) atoms. The van der Waals surface area contributed by atoms with Gasteiger partial charge in [0.1, 0.15) is 0 Å². The Morgan fingerprint density at radius 2 is 1.55 bits per heavy atom. The van der Waals surface area contributed by atoms with Gasteiger partial charge >= 0.3 is 5.97 Å². The average Bonchev–Trinajstić information content (AvgIpc) is 2.47. The quantitative estimate of drug-likeness (QED) is 0.119. The first-order valence-corrected chi connectivity index (χ1v) is 10.6. The van der Waals surface area contributed by atoms with E-state index in [0.717, 1.165) is 12.8 Å². The molecule has 5 heteroatoms. The van der Waals surface area contributed by atoms with Crippen molar-refractivity contribution < 1.29 is 9.53 Å². The summed E-state index contributed by atoms with van der Waals surface area (Å²) in [6.07, 6.45) is 13.7. The lowest BCUT2D eigenvalue weighted by atomic mass is 10.1. The van der Waals surface area contributed by atoms with Gasteiger partial charge in [-0.05, 0) is 19.8 Å². The summed E-state index contributed by atoms with van der Waals surface area (Å²) in [6.45, 7) is 5.34. The summed E-state index contributed by atoms with van der Waals surface area (Å²) in [6, 6.07) is 1.17. The number of rotatable bonds is 15. The number of hydrogen-bond donors (Lipinski definition) is 0. The van der Waals surface area contributed by atoms with Gasteiger partial charge in [-0.3, -0.25) is 0 Å². The van der Waals surface area contributed by atoms with Crippen LogP contribution in [0, 0.1) is 0 Å². The van der Waals surface area contributed by atoms with Crippen molar-refractivity contribution in [1.82, 2.24) is 0 Å². The van der Waals surface area contributed by atoms with Crippen LogP contribution in [-0.2, 0) is 9.53 Å². The van der Waals surface area contributed by atoms with Crippen molar-refractivity contribution in [2.45, 2.75) is 87.7 Å². The largest absolute Gasteiger partial charge is 0.460 e. The second-order valence-corrected chi connectivity index (χ2v) is 8.99. The van der Waals surface area contributed by atoms with E-state index in [9.17, 15) is 4.79 Å². The zero-order chi connectivity index (χ0) is 16.6. The number of unbranched alkanes of at least 4 members (excludes halogenated alkanes) is 8. The summed E-state index contributed by atoms with van der Waals surface area (Å²) in [5.41, 5.74) is 0. The van der Waals surface area contributed by atoms with Gasteiger partial charge in [-0.15, -0.1) is 23.2 Å². The topological polar surface area (TPSA) is 26.3 Å². The summed E-state index contributed by atoms with van der Waals surface area (Å²) < 4.78 is 4.97. The third-order valence-electron chi connectivity index (χ3n) is 3.57. The summed E-state index contributed by atoms with van der Waals surface area (Å²) in [5.74, 6) is -0.319. The second kappa shape index (κ2) is 15.9. The normalized spacial score (nSPS) is 12.4. The van der Waals surface area contributed by atoms with Gasteiger partial charge < -0.3 is 4.74 Å². The molecule has 0 heterocycles. The summed E-state index contributed by atoms with van der Waals surface area (Å²) in [7, 11) is 0.690. The SMILES string of the molecule is C=CC(=O)OC(C)CCCCCCCCCCC[Si]C(Cl)Cl. The van der Waals surface area contributed by atoms with Crippen LogP contribution in [0.1, 0.15) is 71.1 Å². The number of esters is 1. The minimum Gasteiger partial charge on any atom is -0.460 e. The number of halogens is 2. The Kier molecular flexibility index (Phi) is 15.9. The molecule has 2 radical (unpaired) electrons. The second-order valence-electron chi connectivity index (χ2n) is 5.68. The van der Waals surface area contributed by atoms with Gasteiger partial charge in [0.2, 0.25) is 0 Å². The van der Waals surface area contributed by atoms with Crippen LogP contribution >= 0.6 is 23.2 Å². The molecular weight excluding hydrogens is 335 g/mol. The smallest absolute Gasteiger partial charge is 0.330 e. The van der Waals surface area contributed by atoms with Gasteiger partial charge in [-0.1, -0.05) is 64.0 Å². The van der Waals surface area contributed by atoms with Gasteiger partial charge in [0.05, 0.1) is 20.1 Å². The van der Waals surface area contributed by atoms with E-state index in [2.05, 4.69) is 6.58 Å². The fourth-order valence-corrected chi connectivity index (χ4v) is 3.64. The Balaban J connectivity index is 3.17. The van der Waals surface area contributed by atoms with Crippen LogP contribution in [0.3, 0.4) is 0 Å². The van der Waals surface area contributed by atoms with E-state index in [0.29, 0.717) is 9.52 Å². The average molecular weight is 365 g/mol. The Bertz CT molecular complexity index is 286. The molecule has 1 atom stereocenters. The fourth-order valence-electron chi connectivity index (χ4n) is 2.31. The van der Waals surface area contributed by atoms with Crippen molar-refractivity contribution in [3.05, 3.63) is 12.7 Å². The van der Waals surface area contributed by atoms with Crippen LogP contribution in [0.15, 0.2) is 12.7 Å². The predicted octanol–water partition coefficient (Wildman–Crippen LogP) is 5.89. The Morgan fingerprint density at radius 1 is 1.05 bits per heavy atom. The van der Waals surface area contributed by atoms with E-state index in [1.807, 2.05) is 6.92 Å². The number of ether oxygens (including phenoxy) is 1. The molecule has 0 saturated heterocycles. The molecule has 128 valence electrons. The number of alkyl halides is 2. The Labute approximate surface area is 148 Å². The molecule has 0 aromatic heterocycles. The highest BCUT2D eigenvalue weighted by molar-refractivity contribution is 6.68. The van der Waals surface area contributed by atoms with Gasteiger partial charge in [0.15, 0.2) is 0 Å². The van der Waals surface area contributed by atoms with Crippen LogP contribution in [0.25, 0.3) is 0 Å². The molecule has 0 aliphatic heterocycles. The van der Waals surface area contributed by atoms with Crippen molar-refractivity contribution in [2.24, 2.45) is 0 Å². The van der Waals surface area contributed by atoms with Crippen LogP contribution in [0.4, 0.5) is 0 Å². The van der Waals surface area contributed by atoms with Gasteiger partial charge in [0, 0.05) is 6.08 Å². The highest BCUT2D eigenvalue weighted by Crippen LogP contribution is 2.13.